The van der Waals surface area contributed by atoms with Crippen LogP contribution in [0.5, 0.6) is 0 Å². The maximum absolute atomic E-state index is 11.7. The molecule has 0 aromatic rings. The summed E-state index contributed by atoms with van der Waals surface area (Å²) in [4.78, 5) is 20.0. The van der Waals surface area contributed by atoms with E-state index in [-0.39, 0.29) is 12.5 Å². The van der Waals surface area contributed by atoms with Crippen LogP contribution in [0.25, 0.3) is 0 Å². The van der Waals surface area contributed by atoms with Gasteiger partial charge in [0.25, 0.3) is 0 Å². The third-order valence-electron chi connectivity index (χ3n) is 3.37. The maximum atomic E-state index is 11.7. The van der Waals surface area contributed by atoms with Crippen molar-refractivity contribution >= 4 is 11.9 Å². The van der Waals surface area contributed by atoms with Crippen LogP contribution in [0.1, 0.15) is 26.7 Å². The minimum absolute atomic E-state index is 0.0182. The fourth-order valence-electron chi connectivity index (χ4n) is 2.16. The van der Waals surface area contributed by atoms with E-state index < -0.39 is 0 Å². The molecule has 1 atom stereocenters. The number of carbonyl (C=O) groups excluding carboxylic acids is 1. The first-order valence-electron chi connectivity index (χ1n) is 7.28. The van der Waals surface area contributed by atoms with Crippen molar-refractivity contribution in [2.24, 2.45) is 10.9 Å². The molecule has 1 unspecified atom stereocenters. The van der Waals surface area contributed by atoms with Gasteiger partial charge in [0.2, 0.25) is 5.91 Å². The maximum Gasteiger partial charge on any atom is 0.243 e. The Morgan fingerprint density at radius 1 is 1.50 bits per heavy atom. The molecule has 5 heteroatoms. The minimum Gasteiger partial charge on any atom is -0.353 e. The van der Waals surface area contributed by atoms with E-state index in [1.54, 1.807) is 19.0 Å². The molecule has 1 aliphatic heterocycles. The van der Waals surface area contributed by atoms with Gasteiger partial charge in [0.05, 0.1) is 0 Å². The van der Waals surface area contributed by atoms with E-state index in [0.717, 1.165) is 24.6 Å². The molecular weight excluding hydrogens is 252 g/mol. The SMILES string of the molecule is C=C(C)CNC(=NCC(=O)N(C)C)N1CCCC(C)C1. The Morgan fingerprint density at radius 2 is 2.20 bits per heavy atom. The Bertz CT molecular complexity index is 376. The number of nitrogens with one attached hydrogen (secondary N) is 1. The smallest absolute Gasteiger partial charge is 0.243 e. The molecule has 0 aromatic heterocycles. The van der Waals surface area contributed by atoms with Gasteiger partial charge in [-0.1, -0.05) is 19.1 Å². The number of amides is 1. The molecule has 0 radical (unpaired) electrons. The van der Waals surface area contributed by atoms with Crippen molar-refractivity contribution in [3.8, 4) is 0 Å². The van der Waals surface area contributed by atoms with E-state index in [9.17, 15) is 4.79 Å². The van der Waals surface area contributed by atoms with E-state index in [1.165, 1.54) is 12.8 Å². The summed E-state index contributed by atoms with van der Waals surface area (Å²) < 4.78 is 0. The summed E-state index contributed by atoms with van der Waals surface area (Å²) in [6, 6.07) is 0. The molecule has 1 rings (SSSR count). The van der Waals surface area contributed by atoms with Crippen molar-refractivity contribution in [2.45, 2.75) is 26.7 Å². The average Bonchev–Trinajstić information content (AvgIpc) is 2.37. The number of rotatable bonds is 4. The van der Waals surface area contributed by atoms with Gasteiger partial charge in [-0.05, 0) is 25.7 Å². The predicted octanol–water partition coefficient (Wildman–Crippen LogP) is 1.33. The van der Waals surface area contributed by atoms with Crippen LogP contribution in [-0.2, 0) is 4.79 Å². The molecule has 20 heavy (non-hydrogen) atoms. The lowest BCUT2D eigenvalue weighted by molar-refractivity contribution is -0.127. The van der Waals surface area contributed by atoms with Gasteiger partial charge >= 0.3 is 0 Å². The standard InChI is InChI=1S/C15H28N4O/c1-12(2)9-16-15(17-10-14(20)18(4)5)19-8-6-7-13(3)11-19/h13H,1,6-11H2,2-5H3,(H,16,17). The third-order valence-corrected chi connectivity index (χ3v) is 3.37. The Balaban J connectivity index is 2.70. The molecule has 0 aromatic carbocycles. The molecule has 1 fully saturated rings. The van der Waals surface area contributed by atoms with Crippen LogP contribution in [0.4, 0.5) is 0 Å². The highest BCUT2D eigenvalue weighted by Crippen LogP contribution is 2.15. The van der Waals surface area contributed by atoms with Gasteiger partial charge in [-0.15, -0.1) is 0 Å². The van der Waals surface area contributed by atoms with E-state index in [0.29, 0.717) is 12.5 Å². The molecule has 1 aliphatic rings. The first-order chi connectivity index (χ1) is 9.40. The van der Waals surface area contributed by atoms with E-state index >= 15 is 0 Å². The molecule has 1 saturated heterocycles. The molecule has 0 bridgehead atoms. The van der Waals surface area contributed by atoms with Crippen molar-refractivity contribution in [3.05, 3.63) is 12.2 Å². The molecule has 0 aliphatic carbocycles. The topological polar surface area (TPSA) is 47.9 Å². The number of likely N-dealkylation sites (tertiary alicyclic amines) is 1. The van der Waals surface area contributed by atoms with Gasteiger partial charge in [-0.25, -0.2) is 4.99 Å². The zero-order valence-electron chi connectivity index (χ0n) is 13.3. The second-order valence-electron chi connectivity index (χ2n) is 5.93. The number of likely N-dealkylation sites (N-methyl/N-ethyl adjacent to an activating group) is 1. The number of piperidine rings is 1. The first-order valence-corrected chi connectivity index (χ1v) is 7.28. The largest absolute Gasteiger partial charge is 0.353 e. The van der Waals surface area contributed by atoms with Gasteiger partial charge in [0.1, 0.15) is 6.54 Å². The number of aliphatic imine (C=N–C) groups is 1. The highest BCUT2D eigenvalue weighted by atomic mass is 16.2. The van der Waals surface area contributed by atoms with Gasteiger partial charge in [-0.2, -0.15) is 0 Å². The van der Waals surface area contributed by atoms with Crippen LogP contribution in [0.2, 0.25) is 0 Å². The summed E-state index contributed by atoms with van der Waals surface area (Å²) in [7, 11) is 3.50. The molecule has 1 heterocycles. The van der Waals surface area contributed by atoms with Crippen molar-refractivity contribution < 1.29 is 4.79 Å². The number of carbonyl (C=O) groups is 1. The number of hydrogen-bond acceptors (Lipinski definition) is 2. The van der Waals surface area contributed by atoms with E-state index in [4.69, 9.17) is 0 Å². The summed E-state index contributed by atoms with van der Waals surface area (Å²) in [5.74, 6) is 1.52. The number of guanidine groups is 1. The van der Waals surface area contributed by atoms with Crippen molar-refractivity contribution in [1.82, 2.24) is 15.1 Å². The van der Waals surface area contributed by atoms with Crippen LogP contribution >= 0.6 is 0 Å². The molecule has 1 N–H and O–H groups in total. The Kier molecular flexibility index (Phi) is 6.55. The second kappa shape index (κ2) is 7.92. The first kappa shape index (κ1) is 16.5. The third kappa shape index (κ3) is 5.63. The van der Waals surface area contributed by atoms with Gasteiger partial charge in [-0.3, -0.25) is 4.79 Å². The van der Waals surface area contributed by atoms with Crippen LogP contribution < -0.4 is 5.32 Å². The Hall–Kier alpha value is -1.52. The summed E-state index contributed by atoms with van der Waals surface area (Å²) >= 11 is 0. The van der Waals surface area contributed by atoms with Gasteiger partial charge in [0.15, 0.2) is 5.96 Å². The van der Waals surface area contributed by atoms with Crippen LogP contribution in [0.3, 0.4) is 0 Å². The lowest BCUT2D eigenvalue weighted by Gasteiger charge is -2.33. The predicted molar refractivity (Wildman–Crippen MR) is 83.8 cm³/mol. The lowest BCUT2D eigenvalue weighted by atomic mass is 10.0. The second-order valence-corrected chi connectivity index (χ2v) is 5.93. The van der Waals surface area contributed by atoms with Crippen LogP contribution in [0.15, 0.2) is 17.1 Å². The van der Waals surface area contributed by atoms with Crippen molar-refractivity contribution in [2.75, 3.05) is 40.3 Å². The lowest BCUT2D eigenvalue weighted by Crippen LogP contribution is -2.47. The summed E-state index contributed by atoms with van der Waals surface area (Å²) in [6.45, 7) is 11.0. The number of hydrogen-bond donors (Lipinski definition) is 1. The van der Waals surface area contributed by atoms with E-state index in [2.05, 4.69) is 28.7 Å². The molecule has 114 valence electrons. The highest BCUT2D eigenvalue weighted by Gasteiger charge is 2.19. The highest BCUT2D eigenvalue weighted by molar-refractivity contribution is 5.85. The van der Waals surface area contributed by atoms with Gasteiger partial charge in [0, 0.05) is 33.7 Å². The fraction of sp³-hybridized carbons (Fsp3) is 0.733. The van der Waals surface area contributed by atoms with E-state index in [1.807, 2.05) is 6.92 Å². The molecular formula is C15H28N4O. The normalized spacial score (nSPS) is 19.7. The summed E-state index contributed by atoms with van der Waals surface area (Å²) in [6.07, 6.45) is 2.44. The quantitative estimate of drug-likeness (QED) is 0.480. The van der Waals surface area contributed by atoms with Crippen molar-refractivity contribution in [1.29, 1.82) is 0 Å². The average molecular weight is 280 g/mol. The van der Waals surface area contributed by atoms with Gasteiger partial charge < -0.3 is 15.1 Å². The summed E-state index contributed by atoms with van der Waals surface area (Å²) in [5, 5.41) is 3.31. The monoisotopic (exact) mass is 280 g/mol. The molecule has 0 spiro atoms. The minimum atomic E-state index is 0.0182. The Labute approximate surface area is 122 Å². The van der Waals surface area contributed by atoms with Crippen LogP contribution in [0, 0.1) is 5.92 Å². The summed E-state index contributed by atoms with van der Waals surface area (Å²) in [5.41, 5.74) is 1.06. The molecule has 1 amide bonds. The fourth-order valence-corrected chi connectivity index (χ4v) is 2.16. The van der Waals surface area contributed by atoms with Crippen LogP contribution in [-0.4, -0.2) is 61.9 Å². The van der Waals surface area contributed by atoms with Crippen molar-refractivity contribution in [3.63, 3.8) is 0 Å². The number of nitrogens with zero attached hydrogens (tertiary/aromatic N) is 3. The zero-order chi connectivity index (χ0) is 15.1. The Morgan fingerprint density at radius 3 is 2.75 bits per heavy atom. The molecule has 0 saturated carbocycles. The zero-order valence-corrected chi connectivity index (χ0v) is 13.3. The molecule has 5 nitrogen and oxygen atoms in total.